The summed E-state index contributed by atoms with van der Waals surface area (Å²) in [5.41, 5.74) is 5.87. The van der Waals surface area contributed by atoms with Gasteiger partial charge in [-0.3, -0.25) is 9.88 Å². The molecule has 1 atom stereocenters. The lowest BCUT2D eigenvalue weighted by Crippen LogP contribution is -2.34. The zero-order valence-corrected chi connectivity index (χ0v) is 19.0. The Morgan fingerprint density at radius 3 is 2.75 bits per heavy atom. The average molecular weight is 431 g/mol. The summed E-state index contributed by atoms with van der Waals surface area (Å²) in [5, 5.41) is 0. The fourth-order valence-electron chi connectivity index (χ4n) is 5.12. The Labute approximate surface area is 190 Å². The van der Waals surface area contributed by atoms with E-state index in [1.807, 2.05) is 12.3 Å². The molecule has 0 radical (unpaired) electrons. The molecule has 1 fully saturated rings. The van der Waals surface area contributed by atoms with E-state index in [0.717, 1.165) is 42.9 Å². The van der Waals surface area contributed by atoms with Crippen molar-refractivity contribution in [3.05, 3.63) is 94.6 Å². The molecule has 0 amide bonds. The highest BCUT2D eigenvalue weighted by atomic mass is 19.1. The lowest BCUT2D eigenvalue weighted by atomic mass is 9.93. The van der Waals surface area contributed by atoms with Crippen molar-refractivity contribution < 1.29 is 9.13 Å². The summed E-state index contributed by atoms with van der Waals surface area (Å²) in [6, 6.07) is 17.8. The molecule has 1 saturated heterocycles. The molecule has 0 bridgehead atoms. The van der Waals surface area contributed by atoms with Crippen LogP contribution in [0.2, 0.25) is 0 Å². The van der Waals surface area contributed by atoms with Gasteiger partial charge >= 0.3 is 0 Å². The quantitative estimate of drug-likeness (QED) is 0.504. The minimum Gasteiger partial charge on any atom is -0.487 e. The molecule has 2 aliphatic heterocycles. The van der Waals surface area contributed by atoms with Crippen LogP contribution >= 0.6 is 0 Å². The monoisotopic (exact) mass is 430 g/mol. The van der Waals surface area contributed by atoms with Gasteiger partial charge in [0.2, 0.25) is 0 Å². The van der Waals surface area contributed by atoms with Crippen LogP contribution in [0.1, 0.15) is 60.6 Å². The highest BCUT2D eigenvalue weighted by molar-refractivity contribution is 5.41. The van der Waals surface area contributed by atoms with E-state index in [-0.39, 0.29) is 11.4 Å². The predicted octanol–water partition coefficient (Wildman–Crippen LogP) is 5.90. The molecule has 166 valence electrons. The van der Waals surface area contributed by atoms with Crippen LogP contribution in [0.3, 0.4) is 0 Å². The third-order valence-electron chi connectivity index (χ3n) is 6.60. The molecule has 4 heteroatoms. The molecule has 3 aromatic rings. The highest BCUT2D eigenvalue weighted by Gasteiger charge is 2.30. The van der Waals surface area contributed by atoms with Gasteiger partial charge in [-0.1, -0.05) is 30.3 Å². The fraction of sp³-hybridized carbons (Fsp3) is 0.393. The Morgan fingerprint density at radius 2 is 1.94 bits per heavy atom. The number of aromatic nitrogens is 1. The number of benzene rings is 2. The van der Waals surface area contributed by atoms with Crippen LogP contribution in [0.25, 0.3) is 0 Å². The third-order valence-corrected chi connectivity index (χ3v) is 6.60. The van der Waals surface area contributed by atoms with E-state index in [0.29, 0.717) is 12.3 Å². The second-order valence-corrected chi connectivity index (χ2v) is 9.95. The maximum Gasteiger partial charge on any atom is 0.123 e. The maximum atomic E-state index is 13.4. The Kier molecular flexibility index (Phi) is 5.73. The largest absolute Gasteiger partial charge is 0.487 e. The van der Waals surface area contributed by atoms with Gasteiger partial charge in [0.05, 0.1) is 0 Å². The first-order valence-electron chi connectivity index (χ1n) is 11.7. The third kappa shape index (κ3) is 4.86. The highest BCUT2D eigenvalue weighted by Crippen LogP contribution is 2.36. The molecule has 0 spiro atoms. The number of piperidine rings is 1. The number of pyridine rings is 1. The van der Waals surface area contributed by atoms with Crippen molar-refractivity contribution in [1.29, 1.82) is 0 Å². The van der Waals surface area contributed by atoms with Crippen LogP contribution in [0.15, 0.2) is 60.8 Å². The van der Waals surface area contributed by atoms with Gasteiger partial charge in [-0.15, -0.1) is 0 Å². The van der Waals surface area contributed by atoms with Gasteiger partial charge in [0.15, 0.2) is 0 Å². The Morgan fingerprint density at radius 1 is 1.06 bits per heavy atom. The number of fused-ring (bicyclic) bond motifs is 1. The number of rotatable bonds is 5. The van der Waals surface area contributed by atoms with Crippen LogP contribution < -0.4 is 4.74 Å². The molecule has 2 aromatic carbocycles. The Bertz CT molecular complexity index is 1090. The summed E-state index contributed by atoms with van der Waals surface area (Å²) in [4.78, 5) is 7.34. The van der Waals surface area contributed by atoms with Gasteiger partial charge in [-0.25, -0.2) is 4.39 Å². The van der Waals surface area contributed by atoms with Crippen LogP contribution in [-0.4, -0.2) is 28.6 Å². The van der Waals surface area contributed by atoms with E-state index in [1.54, 1.807) is 12.1 Å². The zero-order valence-electron chi connectivity index (χ0n) is 19.0. The van der Waals surface area contributed by atoms with E-state index >= 15 is 0 Å². The minimum atomic E-state index is -0.186. The molecule has 0 N–H and O–H groups in total. The van der Waals surface area contributed by atoms with E-state index in [9.17, 15) is 4.39 Å². The van der Waals surface area contributed by atoms with Crippen molar-refractivity contribution in [3.8, 4) is 5.75 Å². The fourth-order valence-corrected chi connectivity index (χ4v) is 5.12. The second kappa shape index (κ2) is 8.67. The minimum absolute atomic E-state index is 0.0936. The Hall–Kier alpha value is -2.72. The normalized spacial score (nSPS) is 20.0. The molecular formula is C28H31FN2O. The first-order chi connectivity index (χ1) is 15.4. The lowest BCUT2D eigenvalue weighted by Gasteiger charge is -2.32. The molecule has 0 unspecified atom stereocenters. The summed E-state index contributed by atoms with van der Waals surface area (Å²) in [6.07, 6.45) is 6.02. The molecule has 32 heavy (non-hydrogen) atoms. The number of halogens is 1. The average Bonchev–Trinajstić information content (AvgIpc) is 3.08. The van der Waals surface area contributed by atoms with Crippen molar-refractivity contribution in [1.82, 2.24) is 9.88 Å². The first kappa shape index (κ1) is 21.1. The summed E-state index contributed by atoms with van der Waals surface area (Å²) < 4.78 is 19.5. The van der Waals surface area contributed by atoms with Crippen LogP contribution in [0.4, 0.5) is 4.39 Å². The number of nitrogens with zero attached hydrogens (tertiary/aromatic N) is 2. The van der Waals surface area contributed by atoms with Crippen molar-refractivity contribution in [3.63, 3.8) is 0 Å². The zero-order chi connectivity index (χ0) is 22.1. The topological polar surface area (TPSA) is 25.4 Å². The van der Waals surface area contributed by atoms with E-state index in [4.69, 9.17) is 9.72 Å². The van der Waals surface area contributed by atoms with Gasteiger partial charge in [-0.05, 0) is 86.2 Å². The summed E-state index contributed by atoms with van der Waals surface area (Å²) in [6.45, 7) is 7.45. The first-order valence-corrected chi connectivity index (χ1v) is 11.7. The molecule has 0 aliphatic carbocycles. The molecule has 3 heterocycles. The summed E-state index contributed by atoms with van der Waals surface area (Å²) in [7, 11) is 0. The molecular weight excluding hydrogens is 399 g/mol. The van der Waals surface area contributed by atoms with Crippen LogP contribution in [-0.2, 0) is 19.4 Å². The van der Waals surface area contributed by atoms with Crippen molar-refractivity contribution >= 4 is 0 Å². The lowest BCUT2D eigenvalue weighted by molar-refractivity contribution is 0.138. The SMILES string of the molecule is CC1(C)Cc2cc(CN3CCC[C@H](c4ccc(Cc5cccc(F)c5)cn4)C3)ccc2O1. The van der Waals surface area contributed by atoms with E-state index < -0.39 is 0 Å². The molecule has 1 aromatic heterocycles. The summed E-state index contributed by atoms with van der Waals surface area (Å²) in [5.74, 6) is 1.32. The summed E-state index contributed by atoms with van der Waals surface area (Å²) >= 11 is 0. The van der Waals surface area contributed by atoms with Crippen LogP contribution in [0, 0.1) is 5.82 Å². The standard InChI is InChI=1S/C28H31FN2O/c1-28(2)16-24-14-22(9-11-27(24)32-28)18-31-12-4-6-23(19-31)26-10-8-21(17-30-26)13-20-5-3-7-25(29)15-20/h3,5,7-11,14-15,17,23H,4,6,12-13,16,18-19H2,1-2H3/t23-/m0/s1. The molecule has 2 aliphatic rings. The molecule has 0 saturated carbocycles. The maximum absolute atomic E-state index is 13.4. The molecule has 3 nitrogen and oxygen atoms in total. The van der Waals surface area contributed by atoms with Crippen molar-refractivity contribution in [2.24, 2.45) is 0 Å². The van der Waals surface area contributed by atoms with Gasteiger partial charge in [0, 0.05) is 37.3 Å². The van der Waals surface area contributed by atoms with E-state index in [2.05, 4.69) is 49.1 Å². The van der Waals surface area contributed by atoms with E-state index in [1.165, 1.54) is 35.7 Å². The predicted molar refractivity (Wildman–Crippen MR) is 126 cm³/mol. The Balaban J connectivity index is 1.22. The van der Waals surface area contributed by atoms with Crippen molar-refractivity contribution in [2.45, 2.75) is 57.6 Å². The van der Waals surface area contributed by atoms with Gasteiger partial charge in [-0.2, -0.15) is 0 Å². The van der Waals surface area contributed by atoms with Crippen LogP contribution in [0.5, 0.6) is 5.75 Å². The second-order valence-electron chi connectivity index (χ2n) is 9.95. The van der Waals surface area contributed by atoms with Crippen molar-refractivity contribution in [2.75, 3.05) is 13.1 Å². The van der Waals surface area contributed by atoms with Gasteiger partial charge in [0.1, 0.15) is 17.2 Å². The number of hydrogen-bond acceptors (Lipinski definition) is 3. The number of likely N-dealkylation sites (tertiary alicyclic amines) is 1. The van der Waals surface area contributed by atoms with Gasteiger partial charge < -0.3 is 4.74 Å². The molecule has 5 rings (SSSR count). The number of ether oxygens (including phenoxy) is 1. The smallest absolute Gasteiger partial charge is 0.123 e. The van der Waals surface area contributed by atoms with Gasteiger partial charge in [0.25, 0.3) is 0 Å². The number of hydrogen-bond donors (Lipinski definition) is 0.